The van der Waals surface area contributed by atoms with Crippen LogP contribution < -0.4 is 10.6 Å². The van der Waals surface area contributed by atoms with Gasteiger partial charge in [0.25, 0.3) is 0 Å². The Kier molecular flexibility index (Phi) is 4.65. The van der Waals surface area contributed by atoms with Gasteiger partial charge in [-0.25, -0.2) is 14.8 Å². The molecular weight excluding hydrogens is 252 g/mol. The van der Waals surface area contributed by atoms with Gasteiger partial charge in [-0.1, -0.05) is 30.3 Å². The molecule has 2 aromatic rings. The van der Waals surface area contributed by atoms with Gasteiger partial charge in [0.2, 0.25) is 0 Å². The van der Waals surface area contributed by atoms with Crippen molar-refractivity contribution in [3.63, 3.8) is 0 Å². The van der Waals surface area contributed by atoms with Crippen LogP contribution in [0.4, 0.5) is 4.79 Å². The molecule has 2 amide bonds. The summed E-state index contributed by atoms with van der Waals surface area (Å²) in [6.07, 6.45) is 1.51. The Labute approximate surface area is 118 Å². The zero-order chi connectivity index (χ0) is 14.4. The maximum absolute atomic E-state index is 11.5. The minimum Gasteiger partial charge on any atom is -0.336 e. The number of aromatic nitrogens is 2. The first-order valence-electron chi connectivity index (χ1n) is 6.56. The maximum atomic E-state index is 11.5. The fourth-order valence-electron chi connectivity index (χ4n) is 1.75. The van der Waals surface area contributed by atoms with E-state index in [0.29, 0.717) is 6.54 Å². The molecule has 0 saturated heterocycles. The molecule has 0 fully saturated rings. The summed E-state index contributed by atoms with van der Waals surface area (Å²) in [5.41, 5.74) is 2.65. The van der Waals surface area contributed by atoms with Gasteiger partial charge in [0, 0.05) is 11.6 Å². The van der Waals surface area contributed by atoms with Crippen LogP contribution in [0, 0.1) is 0 Å². The lowest BCUT2D eigenvalue weighted by Gasteiger charge is -2.10. The second kappa shape index (κ2) is 6.65. The van der Waals surface area contributed by atoms with E-state index in [2.05, 4.69) is 20.6 Å². The largest absolute Gasteiger partial charge is 0.336 e. The highest BCUT2D eigenvalue weighted by atomic mass is 16.2. The Morgan fingerprint density at radius 1 is 1.20 bits per heavy atom. The van der Waals surface area contributed by atoms with Crippen LogP contribution in [0.15, 0.2) is 42.7 Å². The predicted molar refractivity (Wildman–Crippen MR) is 78.0 cm³/mol. The summed E-state index contributed by atoms with van der Waals surface area (Å²) in [6.45, 7) is 4.20. The summed E-state index contributed by atoms with van der Waals surface area (Å²) < 4.78 is 0. The first-order chi connectivity index (χ1) is 9.65. The summed E-state index contributed by atoms with van der Waals surface area (Å²) in [6, 6.07) is 11.7. The Balaban J connectivity index is 2.02. The zero-order valence-electron chi connectivity index (χ0n) is 11.6. The first-order valence-corrected chi connectivity index (χ1v) is 6.56. The van der Waals surface area contributed by atoms with Gasteiger partial charge in [0.05, 0.1) is 17.9 Å². The fraction of sp³-hybridized carbons (Fsp3) is 0.267. The third kappa shape index (κ3) is 4.05. The molecule has 0 saturated carbocycles. The number of hydrogen-bond donors (Lipinski definition) is 2. The van der Waals surface area contributed by atoms with Gasteiger partial charge < -0.3 is 10.6 Å². The standard InChI is InChI=1S/C15H18N4O/c1-11(2)19-15(20)16-9-13-8-14(18-10-17-13)12-6-4-3-5-7-12/h3-8,10-11H,9H2,1-2H3,(H2,16,19,20). The normalized spacial score (nSPS) is 10.3. The van der Waals surface area contributed by atoms with E-state index in [4.69, 9.17) is 0 Å². The highest BCUT2D eigenvalue weighted by Crippen LogP contribution is 2.15. The van der Waals surface area contributed by atoms with Crippen LogP contribution in [0.3, 0.4) is 0 Å². The Bertz CT molecular complexity index is 569. The van der Waals surface area contributed by atoms with Crippen LogP contribution in [0.5, 0.6) is 0 Å². The summed E-state index contributed by atoms with van der Waals surface area (Å²) in [7, 11) is 0. The van der Waals surface area contributed by atoms with E-state index in [9.17, 15) is 4.79 Å². The molecule has 0 aliphatic carbocycles. The number of amides is 2. The lowest BCUT2D eigenvalue weighted by Crippen LogP contribution is -2.39. The number of rotatable bonds is 4. The number of carbonyl (C=O) groups excluding carboxylic acids is 1. The van der Waals surface area contributed by atoms with E-state index in [1.165, 1.54) is 6.33 Å². The van der Waals surface area contributed by atoms with Crippen molar-refractivity contribution < 1.29 is 4.79 Å². The van der Waals surface area contributed by atoms with Crippen LogP contribution >= 0.6 is 0 Å². The predicted octanol–water partition coefficient (Wildman–Crippen LogP) is 2.35. The lowest BCUT2D eigenvalue weighted by atomic mass is 10.1. The van der Waals surface area contributed by atoms with Crippen LogP contribution in [0.1, 0.15) is 19.5 Å². The van der Waals surface area contributed by atoms with Gasteiger partial charge in [-0.05, 0) is 19.9 Å². The number of carbonyl (C=O) groups is 1. The average molecular weight is 270 g/mol. The molecule has 1 aromatic heterocycles. The van der Waals surface area contributed by atoms with Crippen molar-refractivity contribution in [1.82, 2.24) is 20.6 Å². The van der Waals surface area contributed by atoms with Crippen LogP contribution in [-0.4, -0.2) is 22.0 Å². The van der Waals surface area contributed by atoms with Gasteiger partial charge in [0.1, 0.15) is 6.33 Å². The molecule has 104 valence electrons. The first kappa shape index (κ1) is 14.0. The highest BCUT2D eigenvalue weighted by Gasteiger charge is 2.05. The summed E-state index contributed by atoms with van der Waals surface area (Å²) >= 11 is 0. The molecule has 1 heterocycles. The second-order valence-corrected chi connectivity index (χ2v) is 4.74. The van der Waals surface area contributed by atoms with Gasteiger partial charge in [-0.3, -0.25) is 0 Å². The van der Waals surface area contributed by atoms with Gasteiger partial charge in [-0.15, -0.1) is 0 Å². The van der Waals surface area contributed by atoms with Crippen molar-refractivity contribution in [1.29, 1.82) is 0 Å². The van der Waals surface area contributed by atoms with Gasteiger partial charge >= 0.3 is 6.03 Å². The third-order valence-corrected chi connectivity index (χ3v) is 2.64. The minimum absolute atomic E-state index is 0.111. The Morgan fingerprint density at radius 2 is 1.95 bits per heavy atom. The Hall–Kier alpha value is -2.43. The van der Waals surface area contributed by atoms with Crippen molar-refractivity contribution in [2.45, 2.75) is 26.4 Å². The van der Waals surface area contributed by atoms with Crippen molar-refractivity contribution >= 4 is 6.03 Å². The number of nitrogens with one attached hydrogen (secondary N) is 2. The molecule has 1 aromatic carbocycles. The molecule has 0 spiro atoms. The third-order valence-electron chi connectivity index (χ3n) is 2.64. The lowest BCUT2D eigenvalue weighted by molar-refractivity contribution is 0.238. The summed E-state index contributed by atoms with van der Waals surface area (Å²) in [4.78, 5) is 19.9. The molecule has 0 aliphatic heterocycles. The van der Waals surface area contributed by atoms with Crippen molar-refractivity contribution in [2.75, 3.05) is 0 Å². The van der Waals surface area contributed by atoms with Crippen molar-refractivity contribution in [3.05, 3.63) is 48.4 Å². The molecule has 0 unspecified atom stereocenters. The monoisotopic (exact) mass is 270 g/mol. The van der Waals surface area contributed by atoms with Gasteiger partial charge in [-0.2, -0.15) is 0 Å². The van der Waals surface area contributed by atoms with Crippen LogP contribution in [-0.2, 0) is 6.54 Å². The number of hydrogen-bond acceptors (Lipinski definition) is 3. The zero-order valence-corrected chi connectivity index (χ0v) is 11.6. The van der Waals surface area contributed by atoms with Gasteiger partial charge in [0.15, 0.2) is 0 Å². The molecule has 0 radical (unpaired) electrons. The molecule has 2 N–H and O–H groups in total. The van der Waals surface area contributed by atoms with Crippen molar-refractivity contribution in [3.8, 4) is 11.3 Å². The molecule has 0 atom stereocenters. The summed E-state index contributed by atoms with van der Waals surface area (Å²) in [5.74, 6) is 0. The van der Waals surface area contributed by atoms with E-state index in [0.717, 1.165) is 17.0 Å². The molecule has 5 heteroatoms. The highest BCUT2D eigenvalue weighted by molar-refractivity contribution is 5.74. The minimum atomic E-state index is -0.195. The molecule has 5 nitrogen and oxygen atoms in total. The number of benzene rings is 1. The topological polar surface area (TPSA) is 66.9 Å². The molecule has 20 heavy (non-hydrogen) atoms. The van der Waals surface area contributed by atoms with Crippen molar-refractivity contribution in [2.24, 2.45) is 0 Å². The second-order valence-electron chi connectivity index (χ2n) is 4.74. The number of urea groups is 1. The number of nitrogens with zero attached hydrogens (tertiary/aromatic N) is 2. The van der Waals surface area contributed by atoms with Crippen LogP contribution in [0.2, 0.25) is 0 Å². The molecule has 0 aliphatic rings. The van der Waals surface area contributed by atoms with E-state index in [1.807, 2.05) is 50.2 Å². The van der Waals surface area contributed by atoms with Crippen LogP contribution in [0.25, 0.3) is 11.3 Å². The van der Waals surface area contributed by atoms with E-state index in [1.54, 1.807) is 0 Å². The van der Waals surface area contributed by atoms with E-state index in [-0.39, 0.29) is 12.1 Å². The van der Waals surface area contributed by atoms with E-state index >= 15 is 0 Å². The molecular formula is C15H18N4O. The molecule has 2 rings (SSSR count). The quantitative estimate of drug-likeness (QED) is 0.896. The Morgan fingerprint density at radius 3 is 2.65 bits per heavy atom. The fourth-order valence-corrected chi connectivity index (χ4v) is 1.75. The SMILES string of the molecule is CC(C)NC(=O)NCc1cc(-c2ccccc2)ncn1. The van der Waals surface area contributed by atoms with E-state index < -0.39 is 0 Å². The smallest absolute Gasteiger partial charge is 0.315 e. The average Bonchev–Trinajstić information content (AvgIpc) is 2.46. The summed E-state index contributed by atoms with van der Waals surface area (Å²) in [5, 5.41) is 5.53. The molecule has 0 bridgehead atoms. The maximum Gasteiger partial charge on any atom is 0.315 e.